The Kier molecular flexibility index (Phi) is 7.47. The van der Waals surface area contributed by atoms with Gasteiger partial charge in [-0.05, 0) is 30.3 Å². The highest BCUT2D eigenvalue weighted by Gasteiger charge is 2.19. The Balaban J connectivity index is 1.50. The number of H-pyrrole nitrogens is 2. The average molecular weight is 512 g/mol. The van der Waals surface area contributed by atoms with Crippen molar-refractivity contribution >= 4 is 39.4 Å². The van der Waals surface area contributed by atoms with Gasteiger partial charge < -0.3 is 41.7 Å². The molecule has 0 aliphatic carbocycles. The number of nitrogen functional groups attached to an aromatic ring is 1. The van der Waals surface area contributed by atoms with E-state index in [0.29, 0.717) is 11.0 Å². The molecule has 2 amide bonds. The van der Waals surface area contributed by atoms with Crippen LogP contribution in [0.1, 0.15) is 16.8 Å². The summed E-state index contributed by atoms with van der Waals surface area (Å²) in [6.07, 6.45) is -1.55. The minimum atomic E-state index is -1.20. The second-order valence-corrected chi connectivity index (χ2v) is 8.42. The van der Waals surface area contributed by atoms with Crippen LogP contribution in [-0.4, -0.2) is 74.0 Å². The third-order valence-corrected chi connectivity index (χ3v) is 5.73. The van der Waals surface area contributed by atoms with Gasteiger partial charge in [0.25, 0.3) is 11.5 Å². The molecule has 0 saturated carbocycles. The van der Waals surface area contributed by atoms with Crippen molar-refractivity contribution in [1.29, 1.82) is 0 Å². The summed E-state index contributed by atoms with van der Waals surface area (Å²) >= 11 is 0. The van der Waals surface area contributed by atoms with Crippen molar-refractivity contribution in [1.82, 2.24) is 25.6 Å². The number of carbonyl (C=O) groups excluding carboxylic acids is 2. The lowest BCUT2D eigenvalue weighted by Crippen LogP contribution is -2.42. The monoisotopic (exact) mass is 512 g/mol. The van der Waals surface area contributed by atoms with Gasteiger partial charge in [0.2, 0.25) is 5.91 Å². The highest BCUT2D eigenvalue weighted by Crippen LogP contribution is 2.30. The topological polar surface area (TPSA) is 206 Å². The highest BCUT2D eigenvalue weighted by molar-refractivity contribution is 6.00. The number of aliphatic hydroxyl groups excluding tert-OH is 3. The summed E-state index contributed by atoms with van der Waals surface area (Å²) in [7, 11) is 0. The zero-order chi connectivity index (χ0) is 26.7. The minimum absolute atomic E-state index is 0.0363. The van der Waals surface area contributed by atoms with E-state index in [1.54, 1.807) is 6.07 Å². The number of pyridine rings is 1. The van der Waals surface area contributed by atoms with Crippen LogP contribution >= 0.6 is 0 Å². The number of carbonyl (C=O) groups is 2. The van der Waals surface area contributed by atoms with Crippen LogP contribution in [0.3, 0.4) is 0 Å². The number of hydrogen-bond acceptors (Lipinski definition) is 8. The third-order valence-electron chi connectivity index (χ3n) is 5.73. The Morgan fingerprint density at radius 2 is 1.86 bits per heavy atom. The van der Waals surface area contributed by atoms with Crippen LogP contribution in [0, 0.1) is 5.82 Å². The van der Waals surface area contributed by atoms with E-state index in [2.05, 4.69) is 25.6 Å². The molecule has 0 saturated heterocycles. The number of fused-ring (bicyclic) bond motifs is 2. The third kappa shape index (κ3) is 5.43. The van der Waals surface area contributed by atoms with Crippen molar-refractivity contribution in [3.63, 3.8) is 0 Å². The Labute approximate surface area is 208 Å². The summed E-state index contributed by atoms with van der Waals surface area (Å²) in [5.41, 5.74) is 6.77. The van der Waals surface area contributed by atoms with Crippen LogP contribution in [0.15, 0.2) is 41.2 Å². The zero-order valence-corrected chi connectivity index (χ0v) is 19.4. The molecule has 0 radical (unpaired) electrons. The first-order chi connectivity index (χ1) is 17.7. The first-order valence-corrected chi connectivity index (χ1v) is 11.3. The fourth-order valence-corrected chi connectivity index (χ4v) is 3.87. The van der Waals surface area contributed by atoms with Gasteiger partial charge in [-0.2, -0.15) is 0 Å². The number of imidazole rings is 1. The number of aromatic amines is 2. The van der Waals surface area contributed by atoms with E-state index in [0.717, 1.165) is 0 Å². The summed E-state index contributed by atoms with van der Waals surface area (Å²) in [5, 5.41) is 32.9. The maximum Gasteiger partial charge on any atom is 0.261 e. The number of nitrogens with one attached hydrogen (secondary N) is 4. The molecule has 0 bridgehead atoms. The maximum atomic E-state index is 14.4. The molecule has 4 rings (SSSR count). The van der Waals surface area contributed by atoms with E-state index < -0.39 is 48.6 Å². The molecule has 1 atom stereocenters. The van der Waals surface area contributed by atoms with E-state index in [9.17, 15) is 23.9 Å². The van der Waals surface area contributed by atoms with Crippen LogP contribution in [0.4, 0.5) is 10.1 Å². The average Bonchev–Trinajstić information content (AvgIpc) is 3.28. The van der Waals surface area contributed by atoms with Gasteiger partial charge >= 0.3 is 0 Å². The van der Waals surface area contributed by atoms with Gasteiger partial charge in [-0.3, -0.25) is 14.4 Å². The first-order valence-electron chi connectivity index (χ1n) is 11.3. The van der Waals surface area contributed by atoms with Crippen LogP contribution in [0.25, 0.3) is 33.3 Å². The molecule has 12 nitrogen and oxygen atoms in total. The highest BCUT2D eigenvalue weighted by atomic mass is 19.1. The molecule has 194 valence electrons. The normalized spacial score (nSPS) is 12.2. The van der Waals surface area contributed by atoms with Gasteiger partial charge in [0, 0.05) is 12.1 Å². The van der Waals surface area contributed by atoms with E-state index in [1.165, 1.54) is 30.3 Å². The molecule has 0 spiro atoms. The molecule has 37 heavy (non-hydrogen) atoms. The maximum absolute atomic E-state index is 14.4. The fraction of sp³-hybridized carbons (Fsp3) is 0.250. The van der Waals surface area contributed by atoms with Crippen molar-refractivity contribution in [3.8, 4) is 11.4 Å². The summed E-state index contributed by atoms with van der Waals surface area (Å²) in [6.45, 7) is -1.13. The second kappa shape index (κ2) is 10.7. The second-order valence-electron chi connectivity index (χ2n) is 8.42. The van der Waals surface area contributed by atoms with Gasteiger partial charge in [0.1, 0.15) is 17.2 Å². The van der Waals surface area contributed by atoms with Crippen molar-refractivity contribution < 1.29 is 29.3 Å². The molecule has 2 heterocycles. The number of hydrogen-bond donors (Lipinski definition) is 8. The number of rotatable bonds is 9. The van der Waals surface area contributed by atoms with Crippen molar-refractivity contribution in [2.75, 3.05) is 25.5 Å². The number of amides is 2. The molecule has 0 aliphatic heterocycles. The number of halogens is 1. The first kappa shape index (κ1) is 25.8. The minimum Gasteiger partial charge on any atom is -0.397 e. The molecule has 4 aromatic rings. The summed E-state index contributed by atoms with van der Waals surface area (Å²) in [6, 6.07) is 7.91. The quantitative estimate of drug-likeness (QED) is 0.150. The number of nitrogens with two attached hydrogens (primary N) is 1. The largest absolute Gasteiger partial charge is 0.397 e. The Morgan fingerprint density at radius 3 is 2.59 bits per heavy atom. The number of benzene rings is 2. The van der Waals surface area contributed by atoms with Gasteiger partial charge in [0.05, 0.1) is 59.4 Å². The van der Waals surface area contributed by atoms with Gasteiger partial charge in [-0.25, -0.2) is 9.37 Å². The molecule has 0 aliphatic rings. The summed E-state index contributed by atoms with van der Waals surface area (Å²) in [5.74, 6) is -1.62. The van der Waals surface area contributed by atoms with Gasteiger partial charge in [-0.1, -0.05) is 6.07 Å². The molecule has 13 heteroatoms. The Hall–Kier alpha value is -4.33. The lowest BCUT2D eigenvalue weighted by molar-refractivity contribution is -0.124. The number of nitrogens with zero attached hydrogens (tertiary/aromatic N) is 1. The van der Waals surface area contributed by atoms with Crippen LogP contribution in [0.5, 0.6) is 0 Å². The van der Waals surface area contributed by atoms with Crippen LogP contribution in [0.2, 0.25) is 0 Å². The fourth-order valence-electron chi connectivity index (χ4n) is 3.87. The van der Waals surface area contributed by atoms with Crippen molar-refractivity contribution in [2.24, 2.45) is 0 Å². The summed E-state index contributed by atoms with van der Waals surface area (Å²) in [4.78, 5) is 47.0. The molecule has 9 N–H and O–H groups in total. The lowest BCUT2D eigenvalue weighted by atomic mass is 10.1. The standard InChI is InChI=1S/C24H25FN6O6/c25-14-2-1-3-16-19(14)21(26)20(24(37)31-16)22-29-15-5-4-11(6-17(15)30-22)23(36)27-8-13(34)7-18(35)28-12(9-32)10-33/h1-6,12-13,32-34H,7-10H2,(H,27,36)(H,28,35)(H,29,30)(H3,26,31,37). The SMILES string of the molecule is Nc1c(-c2nc3ccc(C(=O)NCC(O)CC(=O)NC(CO)CO)cc3[nH]2)c(=O)[nH]c2cccc(F)c12. The van der Waals surface area contributed by atoms with Gasteiger partial charge in [0.15, 0.2) is 0 Å². The Morgan fingerprint density at radius 1 is 1.11 bits per heavy atom. The predicted octanol–water partition coefficient (Wildman–Crippen LogP) is -0.257. The molecular weight excluding hydrogens is 487 g/mol. The van der Waals surface area contributed by atoms with Crippen molar-refractivity contribution in [2.45, 2.75) is 18.6 Å². The Bertz CT molecular complexity index is 1530. The van der Waals surface area contributed by atoms with Crippen LogP contribution < -0.4 is 21.9 Å². The van der Waals surface area contributed by atoms with E-state index in [4.69, 9.17) is 15.9 Å². The smallest absolute Gasteiger partial charge is 0.261 e. The number of aromatic nitrogens is 3. The predicted molar refractivity (Wildman–Crippen MR) is 133 cm³/mol. The van der Waals surface area contributed by atoms with Gasteiger partial charge in [-0.15, -0.1) is 0 Å². The number of aliphatic hydroxyl groups is 3. The molecule has 2 aromatic carbocycles. The van der Waals surface area contributed by atoms with E-state index in [-0.39, 0.29) is 46.5 Å². The lowest BCUT2D eigenvalue weighted by Gasteiger charge is -2.16. The zero-order valence-electron chi connectivity index (χ0n) is 19.4. The molecule has 0 fully saturated rings. The summed E-state index contributed by atoms with van der Waals surface area (Å²) < 4.78 is 14.4. The van der Waals surface area contributed by atoms with Crippen molar-refractivity contribution in [3.05, 3.63) is 58.1 Å². The van der Waals surface area contributed by atoms with Crippen LogP contribution in [-0.2, 0) is 4.79 Å². The molecule has 2 aromatic heterocycles. The van der Waals surface area contributed by atoms with E-state index in [1.807, 2.05) is 0 Å². The number of anilines is 1. The van der Waals surface area contributed by atoms with E-state index >= 15 is 0 Å². The molecular formula is C24H25FN6O6. The molecule has 1 unspecified atom stereocenters.